The Morgan fingerprint density at radius 3 is 2.41 bits per heavy atom. The van der Waals surface area contributed by atoms with Gasteiger partial charge in [0.2, 0.25) is 0 Å². The molecule has 0 bridgehead atoms. The van der Waals surface area contributed by atoms with Gasteiger partial charge in [0.05, 0.1) is 18.8 Å². The Balaban J connectivity index is 2.16. The lowest BCUT2D eigenvalue weighted by atomic mass is 9.86. The molecule has 0 saturated heterocycles. The molecule has 3 nitrogen and oxygen atoms in total. The molecule has 1 atom stereocenters. The molecule has 0 fully saturated rings. The van der Waals surface area contributed by atoms with E-state index in [9.17, 15) is 10.2 Å². The average molecular weight is 309 g/mol. The summed E-state index contributed by atoms with van der Waals surface area (Å²) in [5, 5.41) is 18.4. The Kier molecular flexibility index (Phi) is 9.69. The van der Waals surface area contributed by atoms with Crippen molar-refractivity contribution in [2.24, 2.45) is 11.7 Å². The van der Waals surface area contributed by atoms with Crippen LogP contribution in [-0.4, -0.2) is 29.0 Å². The van der Waals surface area contributed by atoms with E-state index in [0.29, 0.717) is 12.3 Å². The van der Waals surface area contributed by atoms with Gasteiger partial charge in [-0.2, -0.15) is 0 Å². The average Bonchev–Trinajstić information content (AvgIpc) is 2.57. The quantitative estimate of drug-likeness (QED) is 0.482. The Morgan fingerprint density at radius 2 is 1.82 bits per heavy atom. The Bertz CT molecular complexity index is 345. The molecule has 0 aliphatic heterocycles. The normalized spacial score (nSPS) is 18.5. The third kappa shape index (κ3) is 7.57. The monoisotopic (exact) mass is 309 g/mol. The molecule has 1 aliphatic rings. The topological polar surface area (TPSA) is 66.5 Å². The fourth-order valence-electron chi connectivity index (χ4n) is 2.90. The molecule has 0 amide bonds. The van der Waals surface area contributed by atoms with E-state index >= 15 is 0 Å². The second-order valence-electron chi connectivity index (χ2n) is 6.87. The first-order valence-corrected chi connectivity index (χ1v) is 9.01. The second kappa shape index (κ2) is 11.0. The summed E-state index contributed by atoms with van der Waals surface area (Å²) in [6.45, 7) is 1.95. The molecule has 0 saturated carbocycles. The van der Waals surface area contributed by atoms with Gasteiger partial charge in [0.15, 0.2) is 0 Å². The van der Waals surface area contributed by atoms with Crippen molar-refractivity contribution >= 4 is 0 Å². The standard InChI is InChI=1S/C19H35NO2/c1-2-3-4-5-6-7-8-17-9-11-18(12-10-17)13-14-19(20,15-21)16-22/h9-11,18,21-22H,2-8,12-16,20H2,1H3. The van der Waals surface area contributed by atoms with E-state index in [4.69, 9.17) is 5.73 Å². The van der Waals surface area contributed by atoms with Crippen LogP contribution in [0.3, 0.4) is 0 Å². The van der Waals surface area contributed by atoms with Crippen molar-refractivity contribution in [3.63, 3.8) is 0 Å². The number of hydrogen-bond acceptors (Lipinski definition) is 3. The molecule has 0 aromatic heterocycles. The van der Waals surface area contributed by atoms with E-state index in [1.54, 1.807) is 0 Å². The lowest BCUT2D eigenvalue weighted by molar-refractivity contribution is 0.110. The van der Waals surface area contributed by atoms with Crippen LogP contribution >= 0.6 is 0 Å². The lowest BCUT2D eigenvalue weighted by Crippen LogP contribution is -2.47. The van der Waals surface area contributed by atoms with E-state index in [-0.39, 0.29) is 13.2 Å². The molecule has 3 heteroatoms. The summed E-state index contributed by atoms with van der Waals surface area (Å²) in [7, 11) is 0. The molecule has 0 spiro atoms. The summed E-state index contributed by atoms with van der Waals surface area (Å²) in [5.74, 6) is 0.495. The molecular weight excluding hydrogens is 274 g/mol. The molecular formula is C19H35NO2. The predicted octanol–water partition coefficient (Wildman–Crippen LogP) is 3.70. The largest absolute Gasteiger partial charge is 0.394 e. The predicted molar refractivity (Wildman–Crippen MR) is 93.6 cm³/mol. The third-order valence-electron chi connectivity index (χ3n) is 4.73. The van der Waals surface area contributed by atoms with Gasteiger partial charge in [-0.15, -0.1) is 0 Å². The van der Waals surface area contributed by atoms with Crippen LogP contribution in [-0.2, 0) is 0 Å². The van der Waals surface area contributed by atoms with Crippen molar-refractivity contribution in [2.45, 2.75) is 76.7 Å². The van der Waals surface area contributed by atoms with Gasteiger partial charge in [0.1, 0.15) is 0 Å². The van der Waals surface area contributed by atoms with Gasteiger partial charge in [-0.1, -0.05) is 62.8 Å². The number of unbranched alkanes of at least 4 members (excludes halogenated alkanes) is 5. The molecule has 0 aromatic rings. The van der Waals surface area contributed by atoms with Crippen molar-refractivity contribution in [2.75, 3.05) is 13.2 Å². The molecule has 22 heavy (non-hydrogen) atoms. The van der Waals surface area contributed by atoms with E-state index in [2.05, 4.69) is 25.2 Å². The first kappa shape index (κ1) is 19.4. The first-order chi connectivity index (χ1) is 10.6. The Morgan fingerprint density at radius 1 is 1.14 bits per heavy atom. The van der Waals surface area contributed by atoms with Gasteiger partial charge in [-0.25, -0.2) is 0 Å². The van der Waals surface area contributed by atoms with Crippen LogP contribution in [0.2, 0.25) is 0 Å². The van der Waals surface area contributed by atoms with E-state index in [1.807, 2.05) is 0 Å². The van der Waals surface area contributed by atoms with Gasteiger partial charge in [0, 0.05) is 0 Å². The highest BCUT2D eigenvalue weighted by Gasteiger charge is 2.24. The molecule has 1 rings (SSSR count). The zero-order valence-corrected chi connectivity index (χ0v) is 14.3. The minimum Gasteiger partial charge on any atom is -0.394 e. The fraction of sp³-hybridized carbons (Fsp3) is 0.789. The molecule has 4 N–H and O–H groups in total. The molecule has 1 aliphatic carbocycles. The SMILES string of the molecule is CCCCCCCCC1=CCC(CCC(N)(CO)CO)C=C1. The van der Waals surface area contributed by atoms with Crippen LogP contribution in [0, 0.1) is 5.92 Å². The third-order valence-corrected chi connectivity index (χ3v) is 4.73. The smallest absolute Gasteiger partial charge is 0.0633 e. The number of nitrogens with two attached hydrogens (primary N) is 1. The maximum atomic E-state index is 9.22. The Hall–Kier alpha value is -0.640. The van der Waals surface area contributed by atoms with Crippen molar-refractivity contribution < 1.29 is 10.2 Å². The van der Waals surface area contributed by atoms with Crippen molar-refractivity contribution in [1.29, 1.82) is 0 Å². The van der Waals surface area contributed by atoms with Crippen LogP contribution in [0.1, 0.15) is 71.1 Å². The highest BCUT2D eigenvalue weighted by molar-refractivity contribution is 5.23. The first-order valence-electron chi connectivity index (χ1n) is 9.01. The minimum absolute atomic E-state index is 0.154. The van der Waals surface area contributed by atoms with E-state index < -0.39 is 5.54 Å². The van der Waals surface area contributed by atoms with Crippen molar-refractivity contribution in [1.82, 2.24) is 0 Å². The van der Waals surface area contributed by atoms with Gasteiger partial charge < -0.3 is 15.9 Å². The summed E-state index contributed by atoms with van der Waals surface area (Å²) in [5.41, 5.74) is 6.56. The molecule has 0 aromatic carbocycles. The van der Waals surface area contributed by atoms with Crippen LogP contribution < -0.4 is 5.73 Å². The zero-order valence-electron chi connectivity index (χ0n) is 14.3. The maximum Gasteiger partial charge on any atom is 0.0633 e. The molecule has 128 valence electrons. The van der Waals surface area contributed by atoms with Crippen LogP contribution in [0.5, 0.6) is 0 Å². The summed E-state index contributed by atoms with van der Waals surface area (Å²) in [6.07, 6.45) is 18.8. The molecule has 0 radical (unpaired) electrons. The minimum atomic E-state index is -0.823. The molecule has 0 heterocycles. The van der Waals surface area contributed by atoms with Crippen LogP contribution in [0.15, 0.2) is 23.8 Å². The summed E-state index contributed by atoms with van der Waals surface area (Å²) >= 11 is 0. The van der Waals surface area contributed by atoms with Gasteiger partial charge in [0.25, 0.3) is 0 Å². The Labute approximate surface area is 136 Å². The lowest BCUT2D eigenvalue weighted by Gasteiger charge is -2.26. The highest BCUT2D eigenvalue weighted by atomic mass is 16.3. The van der Waals surface area contributed by atoms with E-state index in [1.165, 1.54) is 50.5 Å². The van der Waals surface area contributed by atoms with Crippen LogP contribution in [0.4, 0.5) is 0 Å². The molecule has 1 unspecified atom stereocenters. The van der Waals surface area contributed by atoms with Gasteiger partial charge >= 0.3 is 0 Å². The van der Waals surface area contributed by atoms with Crippen molar-refractivity contribution in [3.05, 3.63) is 23.8 Å². The second-order valence-corrected chi connectivity index (χ2v) is 6.87. The van der Waals surface area contributed by atoms with Gasteiger partial charge in [-0.3, -0.25) is 0 Å². The summed E-state index contributed by atoms with van der Waals surface area (Å²) in [6, 6.07) is 0. The number of aliphatic hydroxyl groups excluding tert-OH is 2. The maximum absolute atomic E-state index is 9.22. The number of hydrogen-bond donors (Lipinski definition) is 3. The number of rotatable bonds is 12. The van der Waals surface area contributed by atoms with E-state index in [0.717, 1.165) is 12.8 Å². The summed E-state index contributed by atoms with van der Waals surface area (Å²) in [4.78, 5) is 0. The van der Waals surface area contributed by atoms with Gasteiger partial charge in [-0.05, 0) is 38.0 Å². The summed E-state index contributed by atoms with van der Waals surface area (Å²) < 4.78 is 0. The zero-order chi connectivity index (χ0) is 16.3. The van der Waals surface area contributed by atoms with Crippen LogP contribution in [0.25, 0.3) is 0 Å². The van der Waals surface area contributed by atoms with Crippen molar-refractivity contribution in [3.8, 4) is 0 Å². The fourth-order valence-corrected chi connectivity index (χ4v) is 2.90. The number of allylic oxidation sites excluding steroid dienone is 4. The highest BCUT2D eigenvalue weighted by Crippen LogP contribution is 2.25. The number of aliphatic hydroxyl groups is 2.